The SMILES string of the molecule is O=C(OCc1cc2c(cc1Br)OCO2)c1ccccc1F. The molecule has 0 bridgehead atoms. The summed E-state index contributed by atoms with van der Waals surface area (Å²) in [5.74, 6) is -0.0916. The molecule has 0 unspecified atom stereocenters. The Morgan fingerprint density at radius 3 is 2.71 bits per heavy atom. The van der Waals surface area contributed by atoms with Crippen LogP contribution in [-0.2, 0) is 11.3 Å². The minimum Gasteiger partial charge on any atom is -0.457 e. The van der Waals surface area contributed by atoms with Crippen LogP contribution < -0.4 is 9.47 Å². The third-order valence-corrected chi connectivity index (χ3v) is 3.73. The third-order valence-electron chi connectivity index (χ3n) is 2.99. The topological polar surface area (TPSA) is 44.8 Å². The second kappa shape index (κ2) is 5.73. The van der Waals surface area contributed by atoms with Crippen LogP contribution in [0.15, 0.2) is 40.9 Å². The lowest BCUT2D eigenvalue weighted by molar-refractivity contribution is 0.0466. The van der Waals surface area contributed by atoms with Gasteiger partial charge in [0.25, 0.3) is 0 Å². The molecule has 0 spiro atoms. The van der Waals surface area contributed by atoms with E-state index in [4.69, 9.17) is 14.2 Å². The Hall–Kier alpha value is -2.08. The van der Waals surface area contributed by atoms with Crippen molar-refractivity contribution in [3.8, 4) is 11.5 Å². The van der Waals surface area contributed by atoms with E-state index in [1.54, 1.807) is 18.2 Å². The van der Waals surface area contributed by atoms with Crippen LogP contribution in [0.1, 0.15) is 15.9 Å². The van der Waals surface area contributed by atoms with E-state index in [1.807, 2.05) is 0 Å². The molecule has 2 aromatic carbocycles. The van der Waals surface area contributed by atoms with Crippen molar-refractivity contribution in [3.05, 3.63) is 57.8 Å². The number of esters is 1. The average molecular weight is 353 g/mol. The number of ether oxygens (including phenoxy) is 3. The van der Waals surface area contributed by atoms with Crippen molar-refractivity contribution in [1.82, 2.24) is 0 Å². The van der Waals surface area contributed by atoms with Crippen LogP contribution >= 0.6 is 15.9 Å². The van der Waals surface area contributed by atoms with Gasteiger partial charge in [0.1, 0.15) is 12.4 Å². The van der Waals surface area contributed by atoms with E-state index in [9.17, 15) is 9.18 Å². The zero-order valence-electron chi connectivity index (χ0n) is 10.8. The quantitative estimate of drug-likeness (QED) is 0.790. The molecule has 1 heterocycles. The Morgan fingerprint density at radius 2 is 1.95 bits per heavy atom. The highest BCUT2D eigenvalue weighted by Gasteiger charge is 2.18. The van der Waals surface area contributed by atoms with E-state index in [0.29, 0.717) is 17.1 Å². The predicted molar refractivity (Wildman–Crippen MR) is 75.8 cm³/mol. The van der Waals surface area contributed by atoms with Crippen molar-refractivity contribution < 1.29 is 23.4 Å². The first-order chi connectivity index (χ1) is 10.1. The molecular formula is C15H10BrFO4. The summed E-state index contributed by atoms with van der Waals surface area (Å²) >= 11 is 3.37. The van der Waals surface area contributed by atoms with Crippen LogP contribution in [0.2, 0.25) is 0 Å². The Bertz CT molecular complexity index is 702. The molecule has 0 amide bonds. The summed E-state index contributed by atoms with van der Waals surface area (Å²) in [4.78, 5) is 11.9. The molecule has 3 rings (SSSR count). The molecule has 1 aliphatic rings. The van der Waals surface area contributed by atoms with Crippen LogP contribution in [0.5, 0.6) is 11.5 Å². The van der Waals surface area contributed by atoms with E-state index >= 15 is 0 Å². The number of fused-ring (bicyclic) bond motifs is 1. The van der Waals surface area contributed by atoms with E-state index in [1.165, 1.54) is 18.2 Å². The van der Waals surface area contributed by atoms with Gasteiger partial charge in [-0.15, -0.1) is 0 Å². The third kappa shape index (κ3) is 2.85. The van der Waals surface area contributed by atoms with Gasteiger partial charge in [-0.3, -0.25) is 0 Å². The van der Waals surface area contributed by atoms with E-state index in [0.717, 1.165) is 4.47 Å². The predicted octanol–water partition coefficient (Wildman–Crippen LogP) is 3.67. The lowest BCUT2D eigenvalue weighted by atomic mass is 10.2. The molecule has 0 fully saturated rings. The van der Waals surface area contributed by atoms with Gasteiger partial charge in [-0.1, -0.05) is 28.1 Å². The van der Waals surface area contributed by atoms with Gasteiger partial charge in [-0.2, -0.15) is 0 Å². The first kappa shape index (κ1) is 13.9. The van der Waals surface area contributed by atoms with Gasteiger partial charge in [-0.05, 0) is 24.3 Å². The zero-order chi connectivity index (χ0) is 14.8. The Balaban J connectivity index is 1.74. The van der Waals surface area contributed by atoms with Gasteiger partial charge in [-0.25, -0.2) is 9.18 Å². The Labute approximate surface area is 128 Å². The fourth-order valence-electron chi connectivity index (χ4n) is 1.92. The second-order valence-corrected chi connectivity index (χ2v) is 5.21. The van der Waals surface area contributed by atoms with Gasteiger partial charge >= 0.3 is 5.97 Å². The average Bonchev–Trinajstić information content (AvgIpc) is 2.92. The molecular weight excluding hydrogens is 343 g/mol. The molecule has 4 nitrogen and oxygen atoms in total. The van der Waals surface area contributed by atoms with E-state index in [-0.39, 0.29) is 19.0 Å². The summed E-state index contributed by atoms with van der Waals surface area (Å²) in [5.41, 5.74) is 0.623. The minimum atomic E-state index is -0.710. The lowest BCUT2D eigenvalue weighted by Gasteiger charge is -2.08. The number of halogens is 2. The van der Waals surface area contributed by atoms with Gasteiger partial charge in [0.05, 0.1) is 5.56 Å². The van der Waals surface area contributed by atoms with Crippen molar-refractivity contribution in [3.63, 3.8) is 0 Å². The summed E-state index contributed by atoms with van der Waals surface area (Å²) in [6.45, 7) is 0.171. The molecule has 6 heteroatoms. The van der Waals surface area contributed by atoms with Crippen molar-refractivity contribution in [1.29, 1.82) is 0 Å². The highest BCUT2D eigenvalue weighted by Crippen LogP contribution is 2.37. The van der Waals surface area contributed by atoms with E-state index < -0.39 is 11.8 Å². The number of hydrogen-bond donors (Lipinski definition) is 0. The first-order valence-corrected chi connectivity index (χ1v) is 6.94. The number of carbonyl (C=O) groups excluding carboxylic acids is 1. The molecule has 0 aromatic heterocycles. The molecule has 0 aliphatic carbocycles. The molecule has 1 aliphatic heterocycles. The van der Waals surface area contributed by atoms with Gasteiger partial charge < -0.3 is 14.2 Å². The summed E-state index contributed by atoms with van der Waals surface area (Å²) < 4.78 is 29.8. The monoisotopic (exact) mass is 352 g/mol. The molecule has 108 valence electrons. The molecule has 0 saturated heterocycles. The number of rotatable bonds is 3. The van der Waals surface area contributed by atoms with Crippen LogP contribution in [0, 0.1) is 5.82 Å². The summed E-state index contributed by atoms with van der Waals surface area (Å²) in [6, 6.07) is 9.16. The fourth-order valence-corrected chi connectivity index (χ4v) is 2.35. The Morgan fingerprint density at radius 1 is 1.24 bits per heavy atom. The number of hydrogen-bond acceptors (Lipinski definition) is 4. The number of benzene rings is 2. The van der Waals surface area contributed by atoms with Crippen LogP contribution in [0.25, 0.3) is 0 Å². The highest BCUT2D eigenvalue weighted by atomic mass is 79.9. The second-order valence-electron chi connectivity index (χ2n) is 4.35. The fraction of sp³-hybridized carbons (Fsp3) is 0.133. The molecule has 21 heavy (non-hydrogen) atoms. The molecule has 0 N–H and O–H groups in total. The van der Waals surface area contributed by atoms with Gasteiger partial charge in [0.15, 0.2) is 11.5 Å². The van der Waals surface area contributed by atoms with Crippen LogP contribution in [0.3, 0.4) is 0 Å². The van der Waals surface area contributed by atoms with E-state index in [2.05, 4.69) is 15.9 Å². The van der Waals surface area contributed by atoms with Gasteiger partial charge in [0, 0.05) is 10.0 Å². The van der Waals surface area contributed by atoms with Crippen molar-refractivity contribution in [2.45, 2.75) is 6.61 Å². The summed E-state index contributed by atoms with van der Waals surface area (Å²) in [5, 5.41) is 0. The minimum absolute atomic E-state index is 0.00436. The maximum absolute atomic E-state index is 13.5. The standard InChI is InChI=1S/C15H10BrFO4/c16-11-6-14-13(20-8-21-14)5-9(11)7-19-15(18)10-3-1-2-4-12(10)17/h1-6H,7-8H2. The largest absolute Gasteiger partial charge is 0.457 e. The zero-order valence-corrected chi connectivity index (χ0v) is 12.4. The van der Waals surface area contributed by atoms with Crippen molar-refractivity contribution in [2.24, 2.45) is 0 Å². The maximum atomic E-state index is 13.5. The summed E-state index contributed by atoms with van der Waals surface area (Å²) in [6.07, 6.45) is 0. The van der Waals surface area contributed by atoms with Crippen molar-refractivity contribution in [2.75, 3.05) is 6.79 Å². The number of carbonyl (C=O) groups is 1. The maximum Gasteiger partial charge on any atom is 0.341 e. The molecule has 0 saturated carbocycles. The van der Waals surface area contributed by atoms with Crippen molar-refractivity contribution >= 4 is 21.9 Å². The van der Waals surface area contributed by atoms with Gasteiger partial charge in [0.2, 0.25) is 6.79 Å². The molecule has 0 atom stereocenters. The Kier molecular flexibility index (Phi) is 3.79. The first-order valence-electron chi connectivity index (χ1n) is 6.15. The highest BCUT2D eigenvalue weighted by molar-refractivity contribution is 9.10. The summed E-state index contributed by atoms with van der Waals surface area (Å²) in [7, 11) is 0. The molecule has 0 radical (unpaired) electrons. The normalized spacial score (nSPS) is 12.3. The lowest BCUT2D eigenvalue weighted by Crippen LogP contribution is -2.07. The van der Waals surface area contributed by atoms with Crippen LogP contribution in [0.4, 0.5) is 4.39 Å². The van der Waals surface area contributed by atoms with Crippen LogP contribution in [-0.4, -0.2) is 12.8 Å². The molecule has 2 aromatic rings. The smallest absolute Gasteiger partial charge is 0.341 e.